The van der Waals surface area contributed by atoms with E-state index in [4.69, 9.17) is 0 Å². The number of hydrogen-bond donors (Lipinski definition) is 1. The van der Waals surface area contributed by atoms with Gasteiger partial charge in [-0.05, 0) is 6.92 Å². The first-order valence-electron chi connectivity index (χ1n) is 4.53. The Morgan fingerprint density at radius 3 is 3.07 bits per heavy atom. The third-order valence-corrected chi connectivity index (χ3v) is 4.77. The van der Waals surface area contributed by atoms with Gasteiger partial charge in [-0.15, -0.1) is 11.8 Å². The fourth-order valence-electron chi connectivity index (χ4n) is 1.40. The molecule has 1 aromatic heterocycles. The smallest absolute Gasteiger partial charge is 0.251 e. The minimum absolute atomic E-state index is 0.0383. The molecule has 1 aliphatic rings. The van der Waals surface area contributed by atoms with Crippen LogP contribution < -0.4 is 5.56 Å². The van der Waals surface area contributed by atoms with Crippen molar-refractivity contribution < 1.29 is 0 Å². The Balaban J connectivity index is 2.26. The highest BCUT2D eigenvalue weighted by molar-refractivity contribution is 8.06. The SMILES string of the molecule is Cc1cc(=O)[nH]c(C2CSCCS2)n1. The largest absolute Gasteiger partial charge is 0.310 e. The number of hydrogen-bond acceptors (Lipinski definition) is 4. The van der Waals surface area contributed by atoms with E-state index < -0.39 is 0 Å². The highest BCUT2D eigenvalue weighted by Gasteiger charge is 2.18. The number of aromatic nitrogens is 2. The minimum Gasteiger partial charge on any atom is -0.310 e. The summed E-state index contributed by atoms with van der Waals surface area (Å²) in [5.41, 5.74) is 0.767. The van der Waals surface area contributed by atoms with Gasteiger partial charge in [0, 0.05) is 29.0 Å². The number of aromatic amines is 1. The van der Waals surface area contributed by atoms with Crippen molar-refractivity contribution in [2.24, 2.45) is 0 Å². The van der Waals surface area contributed by atoms with Crippen LogP contribution in [0.5, 0.6) is 0 Å². The van der Waals surface area contributed by atoms with Gasteiger partial charge in [-0.1, -0.05) is 0 Å². The summed E-state index contributed by atoms with van der Waals surface area (Å²) in [6, 6.07) is 1.53. The molecule has 76 valence electrons. The van der Waals surface area contributed by atoms with Crippen LogP contribution in [-0.2, 0) is 0 Å². The summed E-state index contributed by atoms with van der Waals surface area (Å²) < 4.78 is 0. The van der Waals surface area contributed by atoms with Crippen LogP contribution in [0.1, 0.15) is 16.8 Å². The molecule has 0 spiro atoms. The summed E-state index contributed by atoms with van der Waals surface area (Å²) in [6.45, 7) is 1.86. The maximum Gasteiger partial charge on any atom is 0.251 e. The molecule has 1 fully saturated rings. The van der Waals surface area contributed by atoms with Crippen molar-refractivity contribution >= 4 is 23.5 Å². The van der Waals surface area contributed by atoms with Crippen molar-refractivity contribution in [3.8, 4) is 0 Å². The molecular formula is C9H12N2OS2. The van der Waals surface area contributed by atoms with Crippen LogP contribution in [0.4, 0.5) is 0 Å². The monoisotopic (exact) mass is 228 g/mol. The van der Waals surface area contributed by atoms with Crippen LogP contribution in [0.2, 0.25) is 0 Å². The van der Waals surface area contributed by atoms with E-state index in [1.807, 2.05) is 30.4 Å². The third-order valence-electron chi connectivity index (χ3n) is 2.01. The molecule has 0 radical (unpaired) electrons. The van der Waals surface area contributed by atoms with Gasteiger partial charge in [0.15, 0.2) is 0 Å². The van der Waals surface area contributed by atoms with Crippen molar-refractivity contribution in [1.29, 1.82) is 0 Å². The number of thioether (sulfide) groups is 2. The predicted molar refractivity (Wildman–Crippen MR) is 62.1 cm³/mol. The molecule has 5 heteroatoms. The van der Waals surface area contributed by atoms with Gasteiger partial charge in [-0.2, -0.15) is 11.8 Å². The summed E-state index contributed by atoms with van der Waals surface area (Å²) in [5, 5.41) is 0.362. The summed E-state index contributed by atoms with van der Waals surface area (Å²) >= 11 is 3.81. The predicted octanol–water partition coefficient (Wildman–Crippen LogP) is 1.60. The molecule has 1 aromatic rings. The molecule has 0 aliphatic carbocycles. The molecule has 0 amide bonds. The lowest BCUT2D eigenvalue weighted by atomic mass is 10.4. The second-order valence-electron chi connectivity index (χ2n) is 3.21. The van der Waals surface area contributed by atoms with Crippen LogP contribution in [0.25, 0.3) is 0 Å². The van der Waals surface area contributed by atoms with Crippen LogP contribution in [0.15, 0.2) is 10.9 Å². The van der Waals surface area contributed by atoms with Crippen molar-refractivity contribution in [2.45, 2.75) is 12.2 Å². The molecule has 1 atom stereocenters. The van der Waals surface area contributed by atoms with Gasteiger partial charge in [-0.25, -0.2) is 4.98 Å². The topological polar surface area (TPSA) is 45.8 Å². The van der Waals surface area contributed by atoms with E-state index >= 15 is 0 Å². The van der Waals surface area contributed by atoms with Crippen LogP contribution in [0, 0.1) is 6.92 Å². The van der Waals surface area contributed by atoms with Gasteiger partial charge in [-0.3, -0.25) is 4.79 Å². The lowest BCUT2D eigenvalue weighted by Gasteiger charge is -2.19. The molecule has 2 rings (SSSR count). The number of aryl methyl sites for hydroxylation is 1. The molecule has 1 saturated heterocycles. The maximum absolute atomic E-state index is 11.2. The minimum atomic E-state index is -0.0383. The van der Waals surface area contributed by atoms with Crippen molar-refractivity contribution in [3.63, 3.8) is 0 Å². The second-order valence-corrected chi connectivity index (χ2v) is 5.67. The Labute approximate surface area is 91.1 Å². The number of nitrogens with one attached hydrogen (secondary N) is 1. The first-order chi connectivity index (χ1) is 6.75. The van der Waals surface area contributed by atoms with E-state index in [-0.39, 0.29) is 5.56 Å². The quantitative estimate of drug-likeness (QED) is 0.793. The zero-order chi connectivity index (χ0) is 9.97. The van der Waals surface area contributed by atoms with Crippen LogP contribution >= 0.6 is 23.5 Å². The second kappa shape index (κ2) is 4.40. The molecule has 1 unspecified atom stereocenters. The molecule has 0 aromatic carbocycles. The molecule has 1 aliphatic heterocycles. The standard InChI is InChI=1S/C9H12N2OS2/c1-6-4-8(12)11-9(10-6)7-5-13-2-3-14-7/h4,7H,2-3,5H2,1H3,(H,10,11,12). The van der Waals surface area contributed by atoms with Crippen LogP contribution in [-0.4, -0.2) is 27.2 Å². The molecule has 0 bridgehead atoms. The molecule has 0 saturated carbocycles. The first-order valence-corrected chi connectivity index (χ1v) is 6.73. The average Bonchev–Trinajstić information content (AvgIpc) is 2.18. The van der Waals surface area contributed by atoms with Gasteiger partial charge in [0.2, 0.25) is 0 Å². The summed E-state index contributed by atoms with van der Waals surface area (Å²) in [7, 11) is 0. The maximum atomic E-state index is 11.2. The Kier molecular flexibility index (Phi) is 3.18. The Morgan fingerprint density at radius 2 is 2.43 bits per heavy atom. The average molecular weight is 228 g/mol. The Bertz CT molecular complexity index is 371. The van der Waals surface area contributed by atoms with Crippen LogP contribution in [0.3, 0.4) is 0 Å². The molecule has 2 heterocycles. The Morgan fingerprint density at radius 1 is 1.57 bits per heavy atom. The molecule has 3 nitrogen and oxygen atoms in total. The highest BCUT2D eigenvalue weighted by Crippen LogP contribution is 2.34. The fraction of sp³-hybridized carbons (Fsp3) is 0.556. The third kappa shape index (κ3) is 2.33. The lowest BCUT2D eigenvalue weighted by molar-refractivity contribution is 0.886. The summed E-state index contributed by atoms with van der Waals surface area (Å²) in [4.78, 5) is 18.4. The Hall–Kier alpha value is -0.420. The first kappa shape index (κ1) is 10.1. The van der Waals surface area contributed by atoms with Gasteiger partial charge >= 0.3 is 0 Å². The fourth-order valence-corrected chi connectivity index (χ4v) is 4.02. The zero-order valence-corrected chi connectivity index (χ0v) is 9.58. The zero-order valence-electron chi connectivity index (χ0n) is 7.95. The van der Waals surface area contributed by atoms with E-state index in [1.165, 1.54) is 11.8 Å². The van der Waals surface area contributed by atoms with Crippen molar-refractivity contribution in [2.75, 3.05) is 17.3 Å². The van der Waals surface area contributed by atoms with Crippen molar-refractivity contribution in [1.82, 2.24) is 9.97 Å². The van der Waals surface area contributed by atoms with Gasteiger partial charge in [0.25, 0.3) is 5.56 Å². The van der Waals surface area contributed by atoms with E-state index in [2.05, 4.69) is 9.97 Å². The highest BCUT2D eigenvalue weighted by atomic mass is 32.2. The summed E-state index contributed by atoms with van der Waals surface area (Å²) in [6.07, 6.45) is 0. The molecular weight excluding hydrogens is 216 g/mol. The molecule has 1 N–H and O–H groups in total. The molecule has 14 heavy (non-hydrogen) atoms. The number of nitrogens with zero attached hydrogens (tertiary/aromatic N) is 1. The van der Waals surface area contributed by atoms with E-state index in [0.717, 1.165) is 23.0 Å². The number of rotatable bonds is 1. The van der Waals surface area contributed by atoms with Gasteiger partial charge in [0.1, 0.15) is 5.82 Å². The van der Waals surface area contributed by atoms with Gasteiger partial charge in [0.05, 0.1) is 5.25 Å². The van der Waals surface area contributed by atoms with Gasteiger partial charge < -0.3 is 4.98 Å². The normalized spacial score (nSPS) is 22.2. The lowest BCUT2D eigenvalue weighted by Crippen LogP contribution is -2.16. The summed E-state index contributed by atoms with van der Waals surface area (Å²) in [5.74, 6) is 4.24. The number of H-pyrrole nitrogens is 1. The van der Waals surface area contributed by atoms with Crippen molar-refractivity contribution in [3.05, 3.63) is 27.9 Å². The van der Waals surface area contributed by atoms with E-state index in [0.29, 0.717) is 5.25 Å². The van der Waals surface area contributed by atoms with E-state index in [9.17, 15) is 4.79 Å². The van der Waals surface area contributed by atoms with E-state index in [1.54, 1.807) is 0 Å².